The number of aliphatic hydroxyl groups excluding tert-OH is 1. The van der Waals surface area contributed by atoms with Crippen molar-refractivity contribution < 1.29 is 14.4 Å². The van der Waals surface area contributed by atoms with E-state index in [-0.39, 0.29) is 17.7 Å². The molecule has 2 fully saturated rings. The van der Waals surface area contributed by atoms with Gasteiger partial charge in [0, 0.05) is 30.8 Å². The van der Waals surface area contributed by atoms with Gasteiger partial charge in [-0.2, -0.15) is 4.98 Å². The molecule has 1 saturated heterocycles. The lowest BCUT2D eigenvalue weighted by Gasteiger charge is -2.27. The number of anilines is 1. The van der Waals surface area contributed by atoms with Gasteiger partial charge in [-0.3, -0.25) is 4.79 Å². The van der Waals surface area contributed by atoms with E-state index in [4.69, 9.17) is 4.52 Å². The zero-order valence-electron chi connectivity index (χ0n) is 15.5. The van der Waals surface area contributed by atoms with Crippen LogP contribution < -0.4 is 10.2 Å². The lowest BCUT2D eigenvalue weighted by atomic mass is 10.1. The molecule has 2 aromatic rings. The molecule has 0 unspecified atom stereocenters. The van der Waals surface area contributed by atoms with Crippen molar-refractivity contribution in [2.75, 3.05) is 18.0 Å². The lowest BCUT2D eigenvalue weighted by molar-refractivity contribution is -0.124. The van der Waals surface area contributed by atoms with Crippen molar-refractivity contribution in [1.82, 2.24) is 20.4 Å². The summed E-state index contributed by atoms with van der Waals surface area (Å²) in [7, 11) is 0. The predicted octanol–water partition coefficient (Wildman–Crippen LogP) is 2.07. The summed E-state index contributed by atoms with van der Waals surface area (Å²) < 4.78 is 5.32. The van der Waals surface area contributed by atoms with Crippen molar-refractivity contribution in [2.24, 2.45) is 5.92 Å². The van der Waals surface area contributed by atoms with E-state index in [0.29, 0.717) is 5.82 Å². The number of rotatable bonds is 6. The summed E-state index contributed by atoms with van der Waals surface area (Å²) in [6, 6.07) is 3.18. The predicted molar refractivity (Wildman–Crippen MR) is 98.9 cm³/mol. The van der Waals surface area contributed by atoms with Crippen LogP contribution >= 0.6 is 0 Å². The number of carbonyl (C=O) groups is 1. The molecule has 4 rings (SSSR count). The Bertz CT molecular complexity index is 779. The highest BCUT2D eigenvalue weighted by atomic mass is 16.5. The van der Waals surface area contributed by atoms with Crippen LogP contribution in [0.3, 0.4) is 0 Å². The smallest absolute Gasteiger partial charge is 0.252 e. The fourth-order valence-corrected chi connectivity index (χ4v) is 3.31. The number of nitrogens with zero attached hydrogens (tertiary/aromatic N) is 4. The fourth-order valence-electron chi connectivity index (χ4n) is 3.31. The number of pyridine rings is 1. The number of aromatic nitrogens is 3. The van der Waals surface area contributed by atoms with Crippen LogP contribution in [-0.4, -0.2) is 45.3 Å². The molecule has 1 aliphatic carbocycles. The monoisotopic (exact) mass is 371 g/mol. The second-order valence-corrected chi connectivity index (χ2v) is 7.41. The highest BCUT2D eigenvalue weighted by molar-refractivity contribution is 5.81. The van der Waals surface area contributed by atoms with Gasteiger partial charge in [-0.05, 0) is 51.2 Å². The Balaban J connectivity index is 1.48. The van der Waals surface area contributed by atoms with Crippen molar-refractivity contribution in [3.63, 3.8) is 0 Å². The van der Waals surface area contributed by atoms with Crippen LogP contribution in [0, 0.1) is 5.92 Å². The fraction of sp³-hybridized carbons (Fsp3) is 0.579. The summed E-state index contributed by atoms with van der Waals surface area (Å²) in [5.74, 6) is 1.53. The van der Waals surface area contributed by atoms with E-state index < -0.39 is 12.1 Å². The first-order valence-corrected chi connectivity index (χ1v) is 9.65. The van der Waals surface area contributed by atoms with E-state index >= 15 is 0 Å². The Morgan fingerprint density at radius 3 is 2.70 bits per heavy atom. The third-order valence-electron chi connectivity index (χ3n) is 5.12. The Labute approximate surface area is 158 Å². The molecule has 0 aromatic carbocycles. The van der Waals surface area contributed by atoms with Crippen molar-refractivity contribution in [2.45, 2.75) is 51.2 Å². The quantitative estimate of drug-likeness (QED) is 0.801. The van der Waals surface area contributed by atoms with Gasteiger partial charge in [0.05, 0.1) is 6.10 Å². The van der Waals surface area contributed by atoms with Gasteiger partial charge in [-0.1, -0.05) is 5.16 Å². The number of nitrogens with one attached hydrogen (secondary N) is 1. The SMILES string of the molecule is C[C@@H](O)[C@H](NC(=O)C1CC1)c1nc(-c2ccc(N3CCCCC3)nc2)no1. The molecule has 8 heteroatoms. The van der Waals surface area contributed by atoms with Crippen LogP contribution in [0.1, 0.15) is 51.0 Å². The maximum atomic E-state index is 12.0. The van der Waals surface area contributed by atoms with Crippen molar-refractivity contribution in [3.05, 3.63) is 24.2 Å². The molecule has 144 valence electrons. The molecule has 2 N–H and O–H groups in total. The van der Waals surface area contributed by atoms with E-state index in [0.717, 1.165) is 37.3 Å². The van der Waals surface area contributed by atoms with Gasteiger partial charge in [0.15, 0.2) is 0 Å². The molecule has 8 nitrogen and oxygen atoms in total. The van der Waals surface area contributed by atoms with Gasteiger partial charge < -0.3 is 19.8 Å². The average Bonchev–Trinajstić information content (AvgIpc) is 3.44. The highest BCUT2D eigenvalue weighted by Crippen LogP contribution is 2.30. The summed E-state index contributed by atoms with van der Waals surface area (Å²) in [5, 5.41) is 16.8. The first kappa shape index (κ1) is 17.9. The summed E-state index contributed by atoms with van der Waals surface area (Å²) in [5.41, 5.74) is 0.739. The molecule has 2 atom stereocenters. The number of aliphatic hydroxyl groups is 1. The number of hydrogen-bond acceptors (Lipinski definition) is 7. The maximum absolute atomic E-state index is 12.0. The molecule has 2 aromatic heterocycles. The number of piperidine rings is 1. The van der Waals surface area contributed by atoms with E-state index in [1.807, 2.05) is 12.1 Å². The van der Waals surface area contributed by atoms with Gasteiger partial charge in [0.1, 0.15) is 11.9 Å². The molecule has 1 amide bonds. The Kier molecular flexibility index (Phi) is 5.07. The molecule has 0 bridgehead atoms. The van der Waals surface area contributed by atoms with E-state index in [1.54, 1.807) is 13.1 Å². The molecule has 1 aliphatic heterocycles. The zero-order chi connectivity index (χ0) is 18.8. The molecule has 1 saturated carbocycles. The average molecular weight is 371 g/mol. The Morgan fingerprint density at radius 2 is 2.07 bits per heavy atom. The number of hydrogen-bond donors (Lipinski definition) is 2. The van der Waals surface area contributed by atoms with Gasteiger partial charge in [0.25, 0.3) is 5.89 Å². The summed E-state index contributed by atoms with van der Waals surface area (Å²) in [6.07, 6.45) is 6.36. The Morgan fingerprint density at radius 1 is 1.30 bits per heavy atom. The third kappa shape index (κ3) is 4.10. The number of amides is 1. The topological polar surface area (TPSA) is 104 Å². The maximum Gasteiger partial charge on any atom is 0.252 e. The van der Waals surface area contributed by atoms with Crippen LogP contribution in [0.25, 0.3) is 11.4 Å². The van der Waals surface area contributed by atoms with E-state index in [1.165, 1.54) is 19.3 Å². The van der Waals surface area contributed by atoms with Gasteiger partial charge >= 0.3 is 0 Å². The summed E-state index contributed by atoms with van der Waals surface area (Å²) in [4.78, 5) is 23.2. The largest absolute Gasteiger partial charge is 0.391 e. The third-order valence-corrected chi connectivity index (χ3v) is 5.12. The second kappa shape index (κ2) is 7.64. The van der Waals surface area contributed by atoms with Gasteiger partial charge in [-0.15, -0.1) is 0 Å². The molecule has 0 spiro atoms. The summed E-state index contributed by atoms with van der Waals surface area (Å²) in [6.45, 7) is 3.67. The van der Waals surface area contributed by atoms with Gasteiger partial charge in [-0.25, -0.2) is 4.98 Å². The first-order valence-electron chi connectivity index (χ1n) is 9.65. The minimum absolute atomic E-state index is 0.0418. The van der Waals surface area contributed by atoms with E-state index in [2.05, 4.69) is 25.3 Å². The molecule has 2 aliphatic rings. The molecule has 3 heterocycles. The van der Waals surface area contributed by atoms with Crippen molar-refractivity contribution in [1.29, 1.82) is 0 Å². The van der Waals surface area contributed by atoms with Crippen molar-refractivity contribution >= 4 is 11.7 Å². The van der Waals surface area contributed by atoms with Crippen LogP contribution in [-0.2, 0) is 4.79 Å². The van der Waals surface area contributed by atoms with Crippen LogP contribution in [0.15, 0.2) is 22.9 Å². The minimum atomic E-state index is -0.833. The molecular weight excluding hydrogens is 346 g/mol. The normalized spacial score (nSPS) is 19.6. The standard InChI is InChI=1S/C19H25N5O3/c1-12(25)16(21-18(26)13-5-6-13)19-22-17(23-27-19)14-7-8-15(20-11-14)24-9-3-2-4-10-24/h7-8,11-13,16,25H,2-6,9-10H2,1H3,(H,21,26)/t12-,16+/m1/s1. The molecule has 0 radical (unpaired) electrons. The summed E-state index contributed by atoms with van der Waals surface area (Å²) >= 11 is 0. The Hall–Kier alpha value is -2.48. The second-order valence-electron chi connectivity index (χ2n) is 7.41. The van der Waals surface area contributed by atoms with Crippen LogP contribution in [0.4, 0.5) is 5.82 Å². The number of carbonyl (C=O) groups excluding carboxylic acids is 1. The molecular formula is C19H25N5O3. The molecule has 27 heavy (non-hydrogen) atoms. The van der Waals surface area contributed by atoms with Crippen LogP contribution in [0.2, 0.25) is 0 Å². The zero-order valence-corrected chi connectivity index (χ0v) is 15.5. The minimum Gasteiger partial charge on any atom is -0.391 e. The van der Waals surface area contributed by atoms with Crippen molar-refractivity contribution in [3.8, 4) is 11.4 Å². The van der Waals surface area contributed by atoms with Crippen LogP contribution in [0.5, 0.6) is 0 Å². The van der Waals surface area contributed by atoms with Gasteiger partial charge in [0.2, 0.25) is 11.7 Å². The first-order chi connectivity index (χ1) is 13.1. The lowest BCUT2D eigenvalue weighted by Crippen LogP contribution is -2.36. The van der Waals surface area contributed by atoms with E-state index in [9.17, 15) is 9.90 Å². The highest BCUT2D eigenvalue weighted by Gasteiger charge is 2.34.